The van der Waals surface area contributed by atoms with Crippen LogP contribution in [0.4, 0.5) is 0 Å². The molecule has 1 rings (SSSR count). The van der Waals surface area contributed by atoms with Crippen molar-refractivity contribution in [3.8, 4) is 11.8 Å². The van der Waals surface area contributed by atoms with Gasteiger partial charge in [0, 0.05) is 12.1 Å². The summed E-state index contributed by atoms with van der Waals surface area (Å²) in [6, 6.07) is 2.45. The minimum atomic E-state index is -0.906. The predicted octanol–water partition coefficient (Wildman–Crippen LogP) is 1.70. The van der Waals surface area contributed by atoms with Gasteiger partial charge >= 0.3 is 5.97 Å². The third-order valence-corrected chi connectivity index (χ3v) is 2.39. The van der Waals surface area contributed by atoms with Crippen molar-refractivity contribution in [2.24, 2.45) is 5.41 Å². The van der Waals surface area contributed by atoms with Crippen LogP contribution >= 0.6 is 0 Å². The zero-order valence-corrected chi connectivity index (χ0v) is 11.9. The van der Waals surface area contributed by atoms with E-state index in [2.05, 4.69) is 0 Å². The summed E-state index contributed by atoms with van der Waals surface area (Å²) in [5.74, 6) is -1.31. The molecule has 19 heavy (non-hydrogen) atoms. The fourth-order valence-electron chi connectivity index (χ4n) is 1.16. The van der Waals surface area contributed by atoms with Gasteiger partial charge in [0.25, 0.3) is 0 Å². The number of hydrogen-bond donors (Lipinski definition) is 2. The van der Waals surface area contributed by atoms with E-state index in [1.165, 1.54) is 12.1 Å². The van der Waals surface area contributed by atoms with Crippen LogP contribution < -0.4 is 4.84 Å². The maximum absolute atomic E-state index is 12.0. The summed E-state index contributed by atoms with van der Waals surface area (Å²) < 4.78 is 6.23. The highest BCUT2D eigenvalue weighted by molar-refractivity contribution is 5.76. The van der Waals surface area contributed by atoms with Gasteiger partial charge in [-0.05, 0) is 34.6 Å². The van der Waals surface area contributed by atoms with E-state index < -0.39 is 11.4 Å². The third kappa shape index (κ3) is 4.17. The number of rotatable bonds is 4. The van der Waals surface area contributed by atoms with E-state index in [1.807, 2.05) is 20.8 Å². The lowest BCUT2D eigenvalue weighted by molar-refractivity contribution is -0.162. The van der Waals surface area contributed by atoms with E-state index in [9.17, 15) is 15.0 Å². The van der Waals surface area contributed by atoms with Crippen molar-refractivity contribution in [2.75, 3.05) is 6.61 Å². The summed E-state index contributed by atoms with van der Waals surface area (Å²) >= 11 is 0. The number of ether oxygens (including phenoxy) is 1. The first kappa shape index (κ1) is 15.4. The van der Waals surface area contributed by atoms with E-state index in [0.29, 0.717) is 4.73 Å². The quantitative estimate of drug-likeness (QED) is 0.871. The fraction of sp³-hybridized carbons (Fsp3) is 0.615. The Kier molecular flexibility index (Phi) is 4.15. The molecule has 108 valence electrons. The summed E-state index contributed by atoms with van der Waals surface area (Å²) in [7, 11) is 0. The Balaban J connectivity index is 2.71. The molecule has 0 radical (unpaired) electrons. The lowest BCUT2D eigenvalue weighted by Crippen LogP contribution is -2.39. The Hall–Kier alpha value is -1.69. The number of hydrogen-bond acceptors (Lipinski definition) is 5. The van der Waals surface area contributed by atoms with Crippen LogP contribution in [0.2, 0.25) is 0 Å². The zero-order chi connectivity index (χ0) is 14.8. The SMILES string of the molecule is CC(C)(C)OCC(C)(C)C(=O)On1c(O)ccc1O. The Labute approximate surface area is 112 Å². The second kappa shape index (κ2) is 5.13. The van der Waals surface area contributed by atoms with Crippen LogP contribution in [0, 0.1) is 5.41 Å². The second-order valence-electron chi connectivity index (χ2n) is 6.01. The number of carbonyl (C=O) groups is 1. The first-order chi connectivity index (χ1) is 8.53. The number of aromatic nitrogens is 1. The predicted molar refractivity (Wildman–Crippen MR) is 68.8 cm³/mol. The van der Waals surface area contributed by atoms with Crippen molar-refractivity contribution >= 4 is 5.97 Å². The highest BCUT2D eigenvalue weighted by Gasteiger charge is 2.33. The average molecular weight is 271 g/mol. The monoisotopic (exact) mass is 271 g/mol. The van der Waals surface area contributed by atoms with Gasteiger partial charge in [0.05, 0.1) is 17.6 Å². The molecule has 0 saturated carbocycles. The molecule has 1 aromatic heterocycles. The molecule has 0 atom stereocenters. The molecule has 2 N–H and O–H groups in total. The molecular weight excluding hydrogens is 250 g/mol. The topological polar surface area (TPSA) is 80.9 Å². The molecule has 0 spiro atoms. The molecule has 1 heterocycles. The standard InChI is InChI=1S/C13H21NO5/c1-12(2,3)18-8-13(4,5)11(17)19-14-9(15)6-7-10(14)16/h6-7,15-16H,8H2,1-5H3. The van der Waals surface area contributed by atoms with Crippen molar-refractivity contribution in [3.05, 3.63) is 12.1 Å². The van der Waals surface area contributed by atoms with E-state index >= 15 is 0 Å². The van der Waals surface area contributed by atoms with E-state index in [-0.39, 0.29) is 24.0 Å². The largest absolute Gasteiger partial charge is 0.492 e. The van der Waals surface area contributed by atoms with Crippen LogP contribution in [0.1, 0.15) is 34.6 Å². The van der Waals surface area contributed by atoms with Crippen LogP contribution in [-0.4, -0.2) is 33.1 Å². The van der Waals surface area contributed by atoms with E-state index in [0.717, 1.165) is 0 Å². The molecule has 0 saturated heterocycles. The third-order valence-electron chi connectivity index (χ3n) is 2.39. The van der Waals surface area contributed by atoms with Crippen LogP contribution in [0.5, 0.6) is 11.8 Å². The summed E-state index contributed by atoms with van der Waals surface area (Å²) in [4.78, 5) is 17.0. The van der Waals surface area contributed by atoms with Crippen molar-refractivity contribution < 1.29 is 24.6 Å². The molecule has 0 bridgehead atoms. The minimum Gasteiger partial charge on any atom is -0.492 e. The fourth-order valence-corrected chi connectivity index (χ4v) is 1.16. The van der Waals surface area contributed by atoms with Gasteiger partial charge in [-0.1, -0.05) is 0 Å². The normalized spacial score (nSPS) is 12.5. The van der Waals surface area contributed by atoms with Crippen LogP contribution in [0.15, 0.2) is 12.1 Å². The van der Waals surface area contributed by atoms with Crippen molar-refractivity contribution in [1.82, 2.24) is 4.73 Å². The van der Waals surface area contributed by atoms with Gasteiger partial charge < -0.3 is 19.8 Å². The van der Waals surface area contributed by atoms with Gasteiger partial charge in [0.1, 0.15) is 0 Å². The summed E-state index contributed by atoms with van der Waals surface area (Å²) in [5, 5.41) is 18.8. The zero-order valence-electron chi connectivity index (χ0n) is 11.9. The van der Waals surface area contributed by atoms with Gasteiger partial charge in [-0.25, -0.2) is 4.79 Å². The summed E-state index contributed by atoms with van der Waals surface area (Å²) in [6.07, 6.45) is 0. The molecular formula is C13H21NO5. The lowest BCUT2D eigenvalue weighted by Gasteiger charge is -2.27. The van der Waals surface area contributed by atoms with E-state index in [4.69, 9.17) is 9.57 Å². The van der Waals surface area contributed by atoms with Crippen molar-refractivity contribution in [1.29, 1.82) is 0 Å². The summed E-state index contributed by atoms with van der Waals surface area (Å²) in [6.45, 7) is 9.16. The van der Waals surface area contributed by atoms with Crippen LogP contribution in [-0.2, 0) is 9.53 Å². The van der Waals surface area contributed by atoms with Gasteiger partial charge in [-0.3, -0.25) is 0 Å². The van der Waals surface area contributed by atoms with Crippen molar-refractivity contribution in [2.45, 2.75) is 40.2 Å². The van der Waals surface area contributed by atoms with Crippen LogP contribution in [0.3, 0.4) is 0 Å². The Bertz CT molecular complexity index is 437. The van der Waals surface area contributed by atoms with Crippen molar-refractivity contribution in [3.63, 3.8) is 0 Å². The minimum absolute atomic E-state index is 0.165. The number of nitrogens with zero attached hydrogens (tertiary/aromatic N) is 1. The molecule has 1 aromatic rings. The second-order valence-corrected chi connectivity index (χ2v) is 6.01. The first-order valence-corrected chi connectivity index (χ1v) is 5.99. The van der Waals surface area contributed by atoms with Gasteiger partial charge in [-0.15, -0.1) is 4.73 Å². The lowest BCUT2D eigenvalue weighted by atomic mass is 9.95. The first-order valence-electron chi connectivity index (χ1n) is 5.99. The maximum Gasteiger partial charge on any atom is 0.341 e. The smallest absolute Gasteiger partial charge is 0.341 e. The molecule has 6 nitrogen and oxygen atoms in total. The van der Waals surface area contributed by atoms with Gasteiger partial charge in [-0.2, -0.15) is 0 Å². The highest BCUT2D eigenvalue weighted by atomic mass is 16.7. The number of carbonyl (C=O) groups excluding carboxylic acids is 1. The molecule has 0 unspecified atom stereocenters. The molecule has 0 amide bonds. The Morgan fingerprint density at radius 3 is 2.05 bits per heavy atom. The number of aromatic hydroxyl groups is 2. The molecule has 0 aliphatic heterocycles. The molecule has 0 aliphatic carbocycles. The molecule has 0 fully saturated rings. The average Bonchev–Trinajstić information content (AvgIpc) is 2.57. The van der Waals surface area contributed by atoms with E-state index in [1.54, 1.807) is 13.8 Å². The van der Waals surface area contributed by atoms with Gasteiger partial charge in [0.2, 0.25) is 11.8 Å². The van der Waals surface area contributed by atoms with Gasteiger partial charge in [0.15, 0.2) is 0 Å². The molecule has 6 heteroatoms. The maximum atomic E-state index is 12.0. The Morgan fingerprint density at radius 2 is 1.63 bits per heavy atom. The van der Waals surface area contributed by atoms with Crippen LogP contribution in [0.25, 0.3) is 0 Å². The Morgan fingerprint density at radius 1 is 1.16 bits per heavy atom. The summed E-state index contributed by atoms with van der Waals surface area (Å²) in [5.41, 5.74) is -1.27. The highest BCUT2D eigenvalue weighted by Crippen LogP contribution is 2.24. The molecule has 0 aromatic carbocycles. The molecule has 0 aliphatic rings.